The van der Waals surface area contributed by atoms with Crippen LogP contribution in [0, 0.1) is 6.92 Å². The Hall–Kier alpha value is -2.28. The van der Waals surface area contributed by atoms with Crippen molar-refractivity contribution in [3.05, 3.63) is 65.5 Å². The molecule has 3 heterocycles. The lowest BCUT2D eigenvalue weighted by atomic mass is 9.96. The van der Waals surface area contributed by atoms with Gasteiger partial charge in [-0.05, 0) is 37.5 Å². The van der Waals surface area contributed by atoms with E-state index in [-0.39, 0.29) is 24.2 Å². The lowest BCUT2D eigenvalue weighted by molar-refractivity contribution is -0.0770. The first-order valence-corrected chi connectivity index (χ1v) is 10.4. The van der Waals surface area contributed by atoms with Gasteiger partial charge in [0, 0.05) is 38.1 Å². The van der Waals surface area contributed by atoms with Gasteiger partial charge in [-0.3, -0.25) is 9.78 Å². The molecule has 0 radical (unpaired) electrons. The van der Waals surface area contributed by atoms with Crippen LogP contribution in [0.3, 0.4) is 0 Å². The Morgan fingerprint density at radius 1 is 1.14 bits per heavy atom. The number of ether oxygens (including phenoxy) is 1. The second kappa shape index (κ2) is 9.03. The van der Waals surface area contributed by atoms with E-state index in [4.69, 9.17) is 4.74 Å². The van der Waals surface area contributed by atoms with Crippen LogP contribution in [0.5, 0.6) is 0 Å². The first-order chi connectivity index (χ1) is 14.1. The van der Waals surface area contributed by atoms with E-state index in [1.807, 2.05) is 42.2 Å². The molecular formula is C23H29N3O3. The van der Waals surface area contributed by atoms with E-state index in [1.54, 1.807) is 6.20 Å². The molecule has 154 valence electrons. The summed E-state index contributed by atoms with van der Waals surface area (Å²) in [6.45, 7) is 5.47. The molecule has 29 heavy (non-hydrogen) atoms. The summed E-state index contributed by atoms with van der Waals surface area (Å²) in [5.41, 5.74) is 2.59. The average molecular weight is 396 g/mol. The van der Waals surface area contributed by atoms with Crippen molar-refractivity contribution < 1.29 is 14.6 Å². The third kappa shape index (κ3) is 4.66. The second-order valence-corrected chi connectivity index (χ2v) is 7.98. The molecule has 2 fully saturated rings. The largest absolute Gasteiger partial charge is 0.393 e. The molecule has 6 heteroatoms. The molecular weight excluding hydrogens is 366 g/mol. The van der Waals surface area contributed by atoms with Crippen molar-refractivity contribution in [3.8, 4) is 0 Å². The van der Waals surface area contributed by atoms with Gasteiger partial charge >= 0.3 is 0 Å². The maximum absolute atomic E-state index is 13.4. The first kappa shape index (κ1) is 20.0. The van der Waals surface area contributed by atoms with Gasteiger partial charge in [-0.15, -0.1) is 0 Å². The molecule has 2 atom stereocenters. The highest BCUT2D eigenvalue weighted by atomic mass is 16.5. The summed E-state index contributed by atoms with van der Waals surface area (Å²) >= 11 is 0. The lowest BCUT2D eigenvalue weighted by Crippen LogP contribution is -2.52. The Morgan fingerprint density at radius 3 is 2.59 bits per heavy atom. The molecule has 6 nitrogen and oxygen atoms in total. The SMILES string of the molecule is Cc1ccc(C(=O)N2CCO[C@@H](CN3CCC(O)CC3)[C@@H]2c2ccccc2)cn1. The van der Waals surface area contributed by atoms with E-state index in [0.717, 1.165) is 43.7 Å². The minimum atomic E-state index is -0.199. The van der Waals surface area contributed by atoms with Gasteiger partial charge in [0.05, 0.1) is 30.4 Å². The number of benzene rings is 1. The zero-order valence-electron chi connectivity index (χ0n) is 16.9. The highest BCUT2D eigenvalue weighted by Gasteiger charge is 2.38. The molecule has 0 saturated carbocycles. The Morgan fingerprint density at radius 2 is 1.90 bits per heavy atom. The van der Waals surface area contributed by atoms with Crippen LogP contribution in [0.15, 0.2) is 48.7 Å². The Bertz CT molecular complexity index is 804. The van der Waals surface area contributed by atoms with Crippen molar-refractivity contribution in [2.45, 2.75) is 38.0 Å². The van der Waals surface area contributed by atoms with Crippen molar-refractivity contribution in [2.24, 2.45) is 0 Å². The number of rotatable bonds is 4. The van der Waals surface area contributed by atoms with Gasteiger partial charge in [0.25, 0.3) is 5.91 Å². The lowest BCUT2D eigenvalue weighted by Gasteiger charge is -2.44. The van der Waals surface area contributed by atoms with Crippen molar-refractivity contribution in [3.63, 3.8) is 0 Å². The van der Waals surface area contributed by atoms with Crippen molar-refractivity contribution in [2.75, 3.05) is 32.8 Å². The molecule has 2 saturated heterocycles. The van der Waals surface area contributed by atoms with Crippen LogP contribution in [0.1, 0.15) is 40.5 Å². The van der Waals surface area contributed by atoms with E-state index in [1.165, 1.54) is 0 Å². The quantitative estimate of drug-likeness (QED) is 0.861. The third-order valence-electron chi connectivity index (χ3n) is 5.91. The number of pyridine rings is 1. The average Bonchev–Trinajstić information content (AvgIpc) is 2.76. The van der Waals surface area contributed by atoms with E-state index in [2.05, 4.69) is 22.0 Å². The number of aliphatic hydroxyl groups is 1. The minimum absolute atomic E-state index is 0.00582. The summed E-state index contributed by atoms with van der Waals surface area (Å²) < 4.78 is 6.20. The fourth-order valence-electron chi connectivity index (χ4n) is 4.28. The number of amides is 1. The molecule has 1 amide bonds. The van der Waals surface area contributed by atoms with Crippen molar-refractivity contribution >= 4 is 5.91 Å². The maximum atomic E-state index is 13.4. The molecule has 1 aromatic carbocycles. The summed E-state index contributed by atoms with van der Waals surface area (Å²) in [5, 5.41) is 9.81. The van der Waals surface area contributed by atoms with Crippen LogP contribution in [-0.4, -0.2) is 70.8 Å². The monoisotopic (exact) mass is 395 g/mol. The number of carbonyl (C=O) groups is 1. The van der Waals surface area contributed by atoms with Crippen LogP contribution in [-0.2, 0) is 4.74 Å². The van der Waals surface area contributed by atoms with Gasteiger partial charge < -0.3 is 19.6 Å². The smallest absolute Gasteiger partial charge is 0.256 e. The zero-order valence-corrected chi connectivity index (χ0v) is 16.9. The number of aromatic nitrogens is 1. The van der Waals surface area contributed by atoms with Gasteiger partial charge in [0.2, 0.25) is 0 Å². The Balaban J connectivity index is 1.59. The van der Waals surface area contributed by atoms with E-state index in [0.29, 0.717) is 18.7 Å². The molecule has 0 unspecified atom stereocenters. The summed E-state index contributed by atoms with van der Waals surface area (Å²) in [7, 11) is 0. The van der Waals surface area contributed by atoms with Gasteiger partial charge in [-0.25, -0.2) is 0 Å². The number of hydrogen-bond acceptors (Lipinski definition) is 5. The van der Waals surface area contributed by atoms with Gasteiger partial charge in [-0.1, -0.05) is 30.3 Å². The van der Waals surface area contributed by atoms with E-state index in [9.17, 15) is 9.90 Å². The normalized spacial score (nSPS) is 23.9. The Labute approximate surface area is 172 Å². The molecule has 1 aromatic heterocycles. The molecule has 1 N–H and O–H groups in total. The first-order valence-electron chi connectivity index (χ1n) is 10.4. The van der Waals surface area contributed by atoms with Gasteiger partial charge in [-0.2, -0.15) is 0 Å². The van der Waals surface area contributed by atoms with Gasteiger partial charge in [0.1, 0.15) is 0 Å². The van der Waals surface area contributed by atoms with Crippen LogP contribution in [0.25, 0.3) is 0 Å². The number of likely N-dealkylation sites (tertiary alicyclic amines) is 1. The number of nitrogens with zero attached hydrogens (tertiary/aromatic N) is 3. The number of carbonyl (C=O) groups excluding carboxylic acids is 1. The van der Waals surface area contributed by atoms with E-state index < -0.39 is 0 Å². The second-order valence-electron chi connectivity index (χ2n) is 7.98. The molecule has 0 spiro atoms. The molecule has 2 aliphatic heterocycles. The molecule has 0 aliphatic carbocycles. The fourth-order valence-corrected chi connectivity index (χ4v) is 4.28. The summed E-state index contributed by atoms with van der Waals surface area (Å²) in [6.07, 6.45) is 2.94. The number of morpholine rings is 1. The fraction of sp³-hybridized carbons (Fsp3) is 0.478. The van der Waals surface area contributed by atoms with Gasteiger partial charge in [0.15, 0.2) is 0 Å². The highest BCUT2D eigenvalue weighted by molar-refractivity contribution is 5.94. The standard InChI is InChI=1S/C23H29N3O3/c1-17-7-8-19(15-24-17)23(28)26-13-14-29-21(16-25-11-9-20(27)10-12-25)22(26)18-5-3-2-4-6-18/h2-8,15,20-22,27H,9-14,16H2,1H3/t21-,22-/m0/s1. The number of aryl methyl sites for hydroxylation is 1. The molecule has 2 aliphatic rings. The summed E-state index contributed by atoms with van der Waals surface area (Å²) in [6, 6.07) is 13.7. The number of hydrogen-bond donors (Lipinski definition) is 1. The number of piperidine rings is 1. The third-order valence-corrected chi connectivity index (χ3v) is 5.91. The summed E-state index contributed by atoms with van der Waals surface area (Å²) in [4.78, 5) is 21.9. The van der Waals surface area contributed by atoms with Crippen LogP contribution in [0.2, 0.25) is 0 Å². The van der Waals surface area contributed by atoms with Crippen molar-refractivity contribution in [1.82, 2.24) is 14.8 Å². The topological polar surface area (TPSA) is 65.9 Å². The minimum Gasteiger partial charge on any atom is -0.393 e. The number of aliphatic hydroxyl groups excluding tert-OH is 1. The zero-order chi connectivity index (χ0) is 20.2. The predicted octanol–water partition coefficient (Wildman–Crippen LogP) is 2.43. The Kier molecular flexibility index (Phi) is 6.23. The maximum Gasteiger partial charge on any atom is 0.256 e. The van der Waals surface area contributed by atoms with Crippen molar-refractivity contribution in [1.29, 1.82) is 0 Å². The van der Waals surface area contributed by atoms with E-state index >= 15 is 0 Å². The summed E-state index contributed by atoms with van der Waals surface area (Å²) in [5.74, 6) is -0.00582. The molecule has 0 bridgehead atoms. The molecule has 4 rings (SSSR count). The van der Waals surface area contributed by atoms with Crippen LogP contribution in [0.4, 0.5) is 0 Å². The molecule has 2 aromatic rings. The van der Waals surface area contributed by atoms with Crippen LogP contribution >= 0.6 is 0 Å². The predicted molar refractivity (Wildman–Crippen MR) is 111 cm³/mol. The van der Waals surface area contributed by atoms with Crippen LogP contribution < -0.4 is 0 Å². The highest BCUT2D eigenvalue weighted by Crippen LogP contribution is 2.32.